The summed E-state index contributed by atoms with van der Waals surface area (Å²) in [7, 11) is 0. The minimum Gasteiger partial charge on any atom is -0.351 e. The van der Waals surface area contributed by atoms with Crippen molar-refractivity contribution < 1.29 is 13.6 Å². The fourth-order valence-electron chi connectivity index (χ4n) is 3.62. The van der Waals surface area contributed by atoms with Gasteiger partial charge in [-0.15, -0.1) is 0 Å². The molecule has 128 valence electrons. The maximum Gasteiger partial charge on any atom is 0.270 e. The molecule has 25 heavy (non-hydrogen) atoms. The van der Waals surface area contributed by atoms with Gasteiger partial charge >= 0.3 is 0 Å². The summed E-state index contributed by atoms with van der Waals surface area (Å²) in [5.74, 6) is -0.669. The molecule has 2 heterocycles. The van der Waals surface area contributed by atoms with Crippen LogP contribution in [0.5, 0.6) is 0 Å². The summed E-state index contributed by atoms with van der Waals surface area (Å²) in [4.78, 5) is 17.8. The summed E-state index contributed by atoms with van der Waals surface area (Å²) in [5, 5.41) is 0.684. The van der Waals surface area contributed by atoms with Crippen molar-refractivity contribution in [1.29, 1.82) is 0 Å². The second kappa shape index (κ2) is 6.31. The lowest BCUT2D eigenvalue weighted by atomic mass is 10.0. The van der Waals surface area contributed by atoms with Crippen LogP contribution in [0.25, 0.3) is 10.9 Å². The third kappa shape index (κ3) is 3.14. The first-order valence-electron chi connectivity index (χ1n) is 8.44. The topological polar surface area (TPSA) is 36.1 Å². The number of aromatic nitrogens is 1. The number of hydrogen-bond acceptors (Lipinski definition) is 1. The van der Waals surface area contributed by atoms with Crippen molar-refractivity contribution in [2.24, 2.45) is 0 Å². The molecule has 1 amide bonds. The van der Waals surface area contributed by atoms with Crippen molar-refractivity contribution in [3.63, 3.8) is 0 Å². The third-order valence-corrected chi connectivity index (χ3v) is 4.81. The lowest BCUT2D eigenvalue weighted by molar-refractivity contribution is 0.0731. The number of benzene rings is 2. The Hall–Kier alpha value is -2.69. The molecule has 5 heteroatoms. The molecule has 0 saturated carbocycles. The maximum atomic E-state index is 13.4. The minimum atomic E-state index is -0.323. The summed E-state index contributed by atoms with van der Waals surface area (Å²) in [6, 6.07) is 12.7. The van der Waals surface area contributed by atoms with E-state index in [0.29, 0.717) is 24.0 Å². The van der Waals surface area contributed by atoms with Crippen molar-refractivity contribution in [2.75, 3.05) is 6.54 Å². The molecule has 0 radical (unpaired) electrons. The van der Waals surface area contributed by atoms with Gasteiger partial charge in [0, 0.05) is 23.5 Å². The molecule has 1 atom stereocenters. The number of aromatic amines is 1. The Morgan fingerprint density at radius 1 is 1.12 bits per heavy atom. The van der Waals surface area contributed by atoms with Gasteiger partial charge in [-0.2, -0.15) is 0 Å². The van der Waals surface area contributed by atoms with E-state index in [-0.39, 0.29) is 23.6 Å². The number of nitrogens with one attached hydrogen (secondary N) is 1. The number of carbonyl (C=O) groups excluding carboxylic acids is 1. The predicted octanol–water partition coefficient (Wildman–Crippen LogP) is 4.29. The number of nitrogens with zero attached hydrogens (tertiary/aromatic N) is 1. The van der Waals surface area contributed by atoms with E-state index in [0.717, 1.165) is 23.9 Å². The van der Waals surface area contributed by atoms with Crippen LogP contribution in [-0.2, 0) is 6.42 Å². The van der Waals surface area contributed by atoms with Crippen molar-refractivity contribution in [3.8, 4) is 0 Å². The molecular weight excluding hydrogens is 322 g/mol. The van der Waals surface area contributed by atoms with Crippen molar-refractivity contribution >= 4 is 16.8 Å². The molecule has 1 saturated heterocycles. The number of hydrogen-bond donors (Lipinski definition) is 1. The van der Waals surface area contributed by atoms with Gasteiger partial charge < -0.3 is 9.88 Å². The maximum absolute atomic E-state index is 13.4. The first kappa shape index (κ1) is 15.8. The third-order valence-electron chi connectivity index (χ3n) is 4.81. The fourth-order valence-corrected chi connectivity index (χ4v) is 3.62. The molecule has 1 unspecified atom stereocenters. The smallest absolute Gasteiger partial charge is 0.270 e. The molecule has 3 aromatic rings. The molecule has 1 aromatic heterocycles. The van der Waals surface area contributed by atoms with Gasteiger partial charge in [0.2, 0.25) is 0 Å². The lowest BCUT2D eigenvalue weighted by Crippen LogP contribution is -2.37. The van der Waals surface area contributed by atoms with E-state index in [2.05, 4.69) is 4.98 Å². The SMILES string of the molecule is O=C(c1cc2cc(F)ccc2[nH]1)N1CCCC1Cc1cccc(F)c1. The first-order valence-corrected chi connectivity index (χ1v) is 8.44. The van der Waals surface area contributed by atoms with Gasteiger partial charge in [0.05, 0.1) is 0 Å². The van der Waals surface area contributed by atoms with Gasteiger partial charge in [-0.05, 0) is 61.2 Å². The van der Waals surface area contributed by atoms with E-state index in [9.17, 15) is 13.6 Å². The largest absolute Gasteiger partial charge is 0.351 e. The zero-order valence-electron chi connectivity index (χ0n) is 13.6. The van der Waals surface area contributed by atoms with Gasteiger partial charge in [0.25, 0.3) is 5.91 Å². The van der Waals surface area contributed by atoms with Crippen molar-refractivity contribution in [3.05, 3.63) is 71.4 Å². The van der Waals surface area contributed by atoms with Gasteiger partial charge in [-0.3, -0.25) is 4.79 Å². The highest BCUT2D eigenvalue weighted by atomic mass is 19.1. The molecule has 1 aliphatic rings. The van der Waals surface area contributed by atoms with E-state index in [1.165, 1.54) is 24.3 Å². The van der Waals surface area contributed by atoms with Crippen LogP contribution < -0.4 is 0 Å². The van der Waals surface area contributed by atoms with E-state index in [4.69, 9.17) is 0 Å². The zero-order valence-corrected chi connectivity index (χ0v) is 13.6. The summed E-state index contributed by atoms with van der Waals surface area (Å²) in [6.07, 6.45) is 2.47. The van der Waals surface area contributed by atoms with Gasteiger partial charge in [-0.25, -0.2) is 8.78 Å². The molecule has 4 rings (SSSR count). The normalized spacial score (nSPS) is 17.4. The molecule has 1 fully saturated rings. The van der Waals surface area contributed by atoms with Crippen LogP contribution in [-0.4, -0.2) is 28.4 Å². The number of amides is 1. The number of rotatable bonds is 3. The van der Waals surface area contributed by atoms with E-state index < -0.39 is 0 Å². The van der Waals surface area contributed by atoms with Gasteiger partial charge in [0.1, 0.15) is 17.3 Å². The molecule has 1 aliphatic heterocycles. The second-order valence-electron chi connectivity index (χ2n) is 6.54. The van der Waals surface area contributed by atoms with Gasteiger partial charge in [-0.1, -0.05) is 12.1 Å². The standard InChI is InChI=1S/C20H18F2N2O/c21-15-4-1-3-13(9-15)10-17-5-2-8-24(17)20(25)19-12-14-11-16(22)6-7-18(14)23-19/h1,3-4,6-7,9,11-12,17,23H,2,5,8,10H2. The van der Waals surface area contributed by atoms with E-state index in [1.807, 2.05) is 11.0 Å². The Labute approximate surface area is 144 Å². The Balaban J connectivity index is 1.57. The highest BCUT2D eigenvalue weighted by Gasteiger charge is 2.30. The monoisotopic (exact) mass is 340 g/mol. The highest BCUT2D eigenvalue weighted by Crippen LogP contribution is 2.25. The second-order valence-corrected chi connectivity index (χ2v) is 6.54. The molecule has 0 spiro atoms. The number of fused-ring (bicyclic) bond motifs is 1. The van der Waals surface area contributed by atoms with Gasteiger partial charge in [0.15, 0.2) is 0 Å². The first-order chi connectivity index (χ1) is 12.1. The number of halogens is 2. The summed E-state index contributed by atoms with van der Waals surface area (Å²) in [6.45, 7) is 0.683. The van der Waals surface area contributed by atoms with Crippen LogP contribution in [0.3, 0.4) is 0 Å². The van der Waals surface area contributed by atoms with Crippen molar-refractivity contribution in [1.82, 2.24) is 9.88 Å². The predicted molar refractivity (Wildman–Crippen MR) is 92.4 cm³/mol. The van der Waals surface area contributed by atoms with Crippen molar-refractivity contribution in [2.45, 2.75) is 25.3 Å². The molecule has 2 aromatic carbocycles. The summed E-state index contributed by atoms with van der Waals surface area (Å²) < 4.78 is 26.7. The Kier molecular flexibility index (Phi) is 3.99. The lowest BCUT2D eigenvalue weighted by Gasteiger charge is -2.24. The average Bonchev–Trinajstić information content (AvgIpc) is 3.20. The number of H-pyrrole nitrogens is 1. The van der Waals surface area contributed by atoms with E-state index in [1.54, 1.807) is 18.2 Å². The summed E-state index contributed by atoms with van der Waals surface area (Å²) in [5.41, 5.74) is 2.10. The Morgan fingerprint density at radius 3 is 2.80 bits per heavy atom. The van der Waals surface area contributed by atoms with E-state index >= 15 is 0 Å². The molecule has 0 aliphatic carbocycles. The quantitative estimate of drug-likeness (QED) is 0.758. The fraction of sp³-hybridized carbons (Fsp3) is 0.250. The summed E-state index contributed by atoms with van der Waals surface area (Å²) >= 11 is 0. The molecule has 1 N–H and O–H groups in total. The Morgan fingerprint density at radius 2 is 1.96 bits per heavy atom. The number of carbonyl (C=O) groups is 1. The highest BCUT2D eigenvalue weighted by molar-refractivity contribution is 5.98. The minimum absolute atomic E-state index is 0.0532. The van der Waals surface area contributed by atoms with Crippen LogP contribution >= 0.6 is 0 Å². The van der Waals surface area contributed by atoms with Crippen LogP contribution in [0.4, 0.5) is 8.78 Å². The number of likely N-dealkylation sites (tertiary alicyclic amines) is 1. The molecular formula is C20H18F2N2O. The molecule has 3 nitrogen and oxygen atoms in total. The molecule has 0 bridgehead atoms. The van der Waals surface area contributed by atoms with Crippen LogP contribution in [0.15, 0.2) is 48.5 Å². The van der Waals surface area contributed by atoms with Crippen LogP contribution in [0.2, 0.25) is 0 Å². The van der Waals surface area contributed by atoms with Crippen LogP contribution in [0, 0.1) is 11.6 Å². The Bertz CT molecular complexity index is 934. The zero-order chi connectivity index (χ0) is 17.4. The van der Waals surface area contributed by atoms with Crippen LogP contribution in [0.1, 0.15) is 28.9 Å². The average molecular weight is 340 g/mol.